The van der Waals surface area contributed by atoms with Crippen molar-refractivity contribution in [2.45, 2.75) is 77.7 Å². The normalized spacial score (nSPS) is 13.0. The fraction of sp³-hybridized carbons (Fsp3) is 0.565. The number of aryl methyl sites for hydroxylation is 1. The maximum absolute atomic E-state index is 13.7. The standard InChI is InChI=1S/C23H33F3N2OSi/c1-7-17-15-27-21(28-16-17)19-12-10-13-20(23(24,25)26)18(19)11-8-9-14-29-30(5,6)22(2,3)4/h10,12-13,15-16H,7-9,11,14H2,1-6H3. The van der Waals surface area contributed by atoms with E-state index in [2.05, 4.69) is 43.8 Å². The number of nitrogens with zero attached hydrogens (tertiary/aromatic N) is 2. The Hall–Kier alpha value is -1.73. The van der Waals surface area contributed by atoms with Crippen molar-refractivity contribution < 1.29 is 17.6 Å². The molecule has 1 aromatic carbocycles. The van der Waals surface area contributed by atoms with Crippen molar-refractivity contribution in [2.24, 2.45) is 0 Å². The van der Waals surface area contributed by atoms with Crippen LogP contribution in [0.1, 0.15) is 57.2 Å². The largest absolute Gasteiger partial charge is 0.417 e. The van der Waals surface area contributed by atoms with Gasteiger partial charge in [0.15, 0.2) is 14.1 Å². The minimum Gasteiger partial charge on any atom is -0.417 e. The first-order chi connectivity index (χ1) is 13.9. The molecule has 0 aliphatic heterocycles. The van der Waals surface area contributed by atoms with Crippen LogP contribution in [0.15, 0.2) is 30.6 Å². The molecule has 0 unspecified atom stereocenters. The molecule has 1 heterocycles. The Labute approximate surface area is 179 Å². The molecule has 0 atom stereocenters. The Morgan fingerprint density at radius 2 is 1.63 bits per heavy atom. The van der Waals surface area contributed by atoms with Crippen molar-refractivity contribution in [1.82, 2.24) is 9.97 Å². The summed E-state index contributed by atoms with van der Waals surface area (Å²) in [7, 11) is -1.85. The second kappa shape index (κ2) is 9.60. The number of unbranched alkanes of at least 4 members (excludes halogenated alkanes) is 1. The van der Waals surface area contributed by atoms with Gasteiger partial charge >= 0.3 is 6.18 Å². The number of rotatable bonds is 8. The van der Waals surface area contributed by atoms with E-state index >= 15 is 0 Å². The summed E-state index contributed by atoms with van der Waals surface area (Å²) in [6, 6.07) is 4.25. The van der Waals surface area contributed by atoms with E-state index in [0.29, 0.717) is 37.3 Å². The second-order valence-corrected chi connectivity index (χ2v) is 14.0. The van der Waals surface area contributed by atoms with Gasteiger partial charge in [-0.25, -0.2) is 9.97 Å². The molecular weight excluding hydrogens is 405 g/mol. The molecule has 0 saturated heterocycles. The van der Waals surface area contributed by atoms with E-state index < -0.39 is 20.1 Å². The lowest BCUT2D eigenvalue weighted by molar-refractivity contribution is -0.138. The van der Waals surface area contributed by atoms with Crippen LogP contribution in [-0.2, 0) is 23.4 Å². The van der Waals surface area contributed by atoms with Gasteiger partial charge in [0.05, 0.1) is 5.56 Å². The highest BCUT2D eigenvalue weighted by Gasteiger charge is 2.37. The predicted octanol–water partition coefficient (Wildman–Crippen LogP) is 7.07. The molecular formula is C23H33F3N2OSi. The predicted molar refractivity (Wildman–Crippen MR) is 118 cm³/mol. The number of aromatic nitrogens is 2. The summed E-state index contributed by atoms with van der Waals surface area (Å²) in [5.41, 5.74) is 1.07. The van der Waals surface area contributed by atoms with Crippen LogP contribution in [0.5, 0.6) is 0 Å². The average Bonchev–Trinajstić information content (AvgIpc) is 2.66. The highest BCUT2D eigenvalue weighted by Crippen LogP contribution is 2.38. The first-order valence-electron chi connectivity index (χ1n) is 10.5. The van der Waals surface area contributed by atoms with E-state index in [1.807, 2.05) is 6.92 Å². The first kappa shape index (κ1) is 24.5. The molecule has 2 rings (SSSR count). The molecule has 0 spiro atoms. The molecule has 0 fully saturated rings. The smallest absolute Gasteiger partial charge is 0.416 e. The third-order valence-corrected chi connectivity index (χ3v) is 10.5. The topological polar surface area (TPSA) is 35.0 Å². The van der Waals surface area contributed by atoms with Crippen LogP contribution in [0.4, 0.5) is 13.2 Å². The van der Waals surface area contributed by atoms with Gasteiger partial charge < -0.3 is 4.43 Å². The molecule has 7 heteroatoms. The summed E-state index contributed by atoms with van der Waals surface area (Å²) in [5, 5.41) is 0.116. The van der Waals surface area contributed by atoms with Crippen molar-refractivity contribution in [1.29, 1.82) is 0 Å². The molecule has 2 aromatic rings. The SMILES string of the molecule is CCc1cnc(-c2cccc(C(F)(F)F)c2CCCCO[Si](C)(C)C(C)(C)C)nc1. The highest BCUT2D eigenvalue weighted by molar-refractivity contribution is 6.74. The van der Waals surface area contributed by atoms with Crippen molar-refractivity contribution >= 4 is 8.32 Å². The second-order valence-electron chi connectivity index (χ2n) is 9.16. The minimum atomic E-state index is -4.41. The molecule has 1 aromatic heterocycles. The third kappa shape index (κ3) is 6.14. The molecule has 0 radical (unpaired) electrons. The summed E-state index contributed by atoms with van der Waals surface area (Å²) >= 11 is 0. The lowest BCUT2D eigenvalue weighted by atomic mass is 9.95. The van der Waals surface area contributed by atoms with Gasteiger partial charge in [-0.1, -0.05) is 39.8 Å². The van der Waals surface area contributed by atoms with Crippen LogP contribution in [0, 0.1) is 0 Å². The van der Waals surface area contributed by atoms with Crippen LogP contribution in [0.2, 0.25) is 18.1 Å². The summed E-state index contributed by atoms with van der Waals surface area (Å²) < 4.78 is 47.2. The van der Waals surface area contributed by atoms with E-state index in [9.17, 15) is 13.2 Å². The molecule has 3 nitrogen and oxygen atoms in total. The maximum atomic E-state index is 13.7. The molecule has 166 valence electrons. The zero-order valence-electron chi connectivity index (χ0n) is 18.9. The van der Waals surface area contributed by atoms with E-state index in [4.69, 9.17) is 4.43 Å². The summed E-state index contributed by atoms with van der Waals surface area (Å²) in [5.74, 6) is 0.339. The van der Waals surface area contributed by atoms with Gasteiger partial charge in [0.2, 0.25) is 0 Å². The van der Waals surface area contributed by atoms with Crippen molar-refractivity contribution in [3.63, 3.8) is 0 Å². The molecule has 30 heavy (non-hydrogen) atoms. The van der Waals surface area contributed by atoms with Gasteiger partial charge in [-0.15, -0.1) is 0 Å². The van der Waals surface area contributed by atoms with Crippen LogP contribution >= 0.6 is 0 Å². The van der Waals surface area contributed by atoms with Crippen LogP contribution in [-0.4, -0.2) is 24.9 Å². The van der Waals surface area contributed by atoms with Crippen LogP contribution < -0.4 is 0 Å². The molecule has 0 bridgehead atoms. The Balaban J connectivity index is 2.18. The number of alkyl halides is 3. The minimum absolute atomic E-state index is 0.116. The van der Waals surface area contributed by atoms with Gasteiger partial charge in [0.1, 0.15) is 0 Å². The van der Waals surface area contributed by atoms with Gasteiger partial charge in [0, 0.05) is 24.6 Å². The fourth-order valence-electron chi connectivity index (χ4n) is 2.96. The van der Waals surface area contributed by atoms with E-state index in [1.165, 1.54) is 6.07 Å². The molecule has 0 amide bonds. The van der Waals surface area contributed by atoms with Crippen LogP contribution in [0.3, 0.4) is 0 Å². The number of halogens is 3. The Morgan fingerprint density at radius 1 is 1.00 bits per heavy atom. The van der Waals surface area contributed by atoms with Gasteiger partial charge in [0.25, 0.3) is 0 Å². The highest BCUT2D eigenvalue weighted by atomic mass is 28.4. The Kier molecular flexibility index (Phi) is 7.85. The van der Waals surface area contributed by atoms with Crippen LogP contribution in [0.25, 0.3) is 11.4 Å². The van der Waals surface area contributed by atoms with Crippen molar-refractivity contribution in [3.8, 4) is 11.4 Å². The molecule has 0 saturated carbocycles. The van der Waals surface area contributed by atoms with E-state index in [-0.39, 0.29) is 10.6 Å². The summed E-state index contributed by atoms with van der Waals surface area (Å²) in [6.45, 7) is 13.4. The van der Waals surface area contributed by atoms with E-state index in [1.54, 1.807) is 18.5 Å². The van der Waals surface area contributed by atoms with Crippen molar-refractivity contribution in [3.05, 3.63) is 47.3 Å². The van der Waals surface area contributed by atoms with Gasteiger partial charge in [-0.3, -0.25) is 0 Å². The quantitative estimate of drug-likeness (QED) is 0.327. The van der Waals surface area contributed by atoms with Gasteiger partial charge in [-0.05, 0) is 61.0 Å². The molecule has 0 aliphatic carbocycles. The number of hydrogen-bond acceptors (Lipinski definition) is 3. The lowest BCUT2D eigenvalue weighted by Gasteiger charge is -2.36. The molecule has 0 N–H and O–H groups in total. The Morgan fingerprint density at radius 3 is 2.17 bits per heavy atom. The zero-order valence-corrected chi connectivity index (χ0v) is 19.9. The van der Waals surface area contributed by atoms with Gasteiger partial charge in [-0.2, -0.15) is 13.2 Å². The third-order valence-electron chi connectivity index (χ3n) is 5.93. The van der Waals surface area contributed by atoms with Crippen molar-refractivity contribution in [2.75, 3.05) is 6.61 Å². The number of hydrogen-bond donors (Lipinski definition) is 0. The monoisotopic (exact) mass is 438 g/mol. The Bertz CT molecular complexity index is 828. The average molecular weight is 439 g/mol. The maximum Gasteiger partial charge on any atom is 0.416 e. The fourth-order valence-corrected chi connectivity index (χ4v) is 4.04. The lowest BCUT2D eigenvalue weighted by Crippen LogP contribution is -2.40. The molecule has 0 aliphatic rings. The number of benzene rings is 1. The zero-order chi connectivity index (χ0) is 22.6. The summed E-state index contributed by atoms with van der Waals surface area (Å²) in [6.07, 6.45) is 1.37. The first-order valence-corrected chi connectivity index (χ1v) is 13.4. The van der Waals surface area contributed by atoms with E-state index in [0.717, 1.165) is 18.1 Å². The summed E-state index contributed by atoms with van der Waals surface area (Å²) in [4.78, 5) is 8.62.